The highest BCUT2D eigenvalue weighted by atomic mass is 19.1. The van der Waals surface area contributed by atoms with Crippen molar-refractivity contribution in [2.75, 3.05) is 38.6 Å². The van der Waals surface area contributed by atoms with Crippen molar-refractivity contribution in [1.82, 2.24) is 15.2 Å². The lowest BCUT2D eigenvalue weighted by Crippen LogP contribution is -2.54. The summed E-state index contributed by atoms with van der Waals surface area (Å²) in [5.41, 5.74) is 2.68. The van der Waals surface area contributed by atoms with Crippen LogP contribution < -0.4 is 15.4 Å². The number of pyridine rings is 1. The van der Waals surface area contributed by atoms with Crippen molar-refractivity contribution < 1.29 is 23.8 Å². The van der Waals surface area contributed by atoms with Gasteiger partial charge in [0.1, 0.15) is 5.82 Å². The maximum absolute atomic E-state index is 14.1. The van der Waals surface area contributed by atoms with E-state index in [4.69, 9.17) is 9.72 Å². The molecule has 3 N–H and O–H groups in total. The normalized spacial score (nSPS) is 16.8. The number of benzene rings is 1. The number of carbonyl (C=O) groups is 2. The zero-order valence-corrected chi connectivity index (χ0v) is 18.6. The van der Waals surface area contributed by atoms with Gasteiger partial charge in [-0.1, -0.05) is 12.1 Å². The van der Waals surface area contributed by atoms with Crippen LogP contribution in [0.15, 0.2) is 30.3 Å². The van der Waals surface area contributed by atoms with E-state index in [1.807, 2.05) is 0 Å². The second kappa shape index (κ2) is 10.2. The van der Waals surface area contributed by atoms with Gasteiger partial charge in [-0.2, -0.15) is 0 Å². The highest BCUT2D eigenvalue weighted by molar-refractivity contribution is 5.81. The summed E-state index contributed by atoms with van der Waals surface area (Å²) in [6, 6.07) is 7.61. The first kappa shape index (κ1) is 23.0. The van der Waals surface area contributed by atoms with Gasteiger partial charge in [0.2, 0.25) is 5.91 Å². The number of carbonyl (C=O) groups excluding carboxylic acids is 1. The summed E-state index contributed by atoms with van der Waals surface area (Å²) in [4.78, 5) is 30.9. The molecule has 1 aromatic heterocycles. The number of hydrogen-bond acceptors (Lipinski definition) is 6. The van der Waals surface area contributed by atoms with E-state index in [0.717, 1.165) is 43.9 Å². The first-order chi connectivity index (χ1) is 15.9. The summed E-state index contributed by atoms with van der Waals surface area (Å²) in [6.07, 6.45) is 2.67. The van der Waals surface area contributed by atoms with Crippen molar-refractivity contribution in [1.29, 1.82) is 0 Å². The molecule has 0 aliphatic carbocycles. The molecule has 0 saturated carbocycles. The molecule has 33 heavy (non-hydrogen) atoms. The average molecular weight is 457 g/mol. The molecule has 1 saturated heterocycles. The third-order valence-electron chi connectivity index (χ3n) is 6.24. The maximum Gasteiger partial charge on any atom is 0.305 e. The van der Waals surface area contributed by atoms with Gasteiger partial charge in [0.25, 0.3) is 0 Å². The topological polar surface area (TPSA) is 104 Å². The number of amides is 1. The van der Waals surface area contributed by atoms with E-state index in [2.05, 4.69) is 27.7 Å². The van der Waals surface area contributed by atoms with Crippen LogP contribution in [0.4, 0.5) is 10.2 Å². The molecule has 1 atom stereocenters. The van der Waals surface area contributed by atoms with E-state index in [0.29, 0.717) is 18.7 Å². The van der Waals surface area contributed by atoms with Crippen molar-refractivity contribution in [3.05, 3.63) is 53.0 Å². The maximum atomic E-state index is 14.1. The predicted molar refractivity (Wildman–Crippen MR) is 121 cm³/mol. The van der Waals surface area contributed by atoms with Crippen LogP contribution in [0.1, 0.15) is 35.7 Å². The fraction of sp³-hybridized carbons (Fsp3) is 0.458. The molecule has 1 amide bonds. The van der Waals surface area contributed by atoms with Crippen molar-refractivity contribution in [3.8, 4) is 5.75 Å². The second-order valence-corrected chi connectivity index (χ2v) is 8.60. The fourth-order valence-electron chi connectivity index (χ4n) is 4.31. The molecule has 1 aromatic carbocycles. The number of carboxylic acids is 1. The molecule has 0 spiro atoms. The third-order valence-corrected chi connectivity index (χ3v) is 6.24. The molecule has 2 aliphatic rings. The third kappa shape index (κ3) is 5.60. The quantitative estimate of drug-likeness (QED) is 0.532. The number of carboxylic acid groups (broad SMARTS) is 1. The van der Waals surface area contributed by atoms with Gasteiger partial charge in [-0.3, -0.25) is 9.59 Å². The van der Waals surface area contributed by atoms with Crippen LogP contribution in [-0.4, -0.2) is 60.2 Å². The largest absolute Gasteiger partial charge is 0.494 e. The van der Waals surface area contributed by atoms with Gasteiger partial charge in [-0.25, -0.2) is 9.37 Å². The van der Waals surface area contributed by atoms with Gasteiger partial charge in [-0.15, -0.1) is 0 Å². The van der Waals surface area contributed by atoms with E-state index in [1.165, 1.54) is 24.8 Å². The number of anilines is 1. The Morgan fingerprint density at radius 2 is 2.15 bits per heavy atom. The Balaban J connectivity index is 1.28. The number of nitrogens with zero attached hydrogens (tertiary/aromatic N) is 2. The fourth-order valence-corrected chi connectivity index (χ4v) is 4.31. The standard InChI is InChI=1S/C24H29FN4O4/c1-33-21-7-5-16(11-19(21)25)20(12-22(30)31)28-24(32)17-13-29(14-17)10-8-18-6-4-15-3-2-9-26-23(15)27-18/h4-7,11,17,20H,2-3,8-10,12-14H2,1H3,(H,26,27)(H,28,32)(H,30,31)/t20-/m0/s1. The Morgan fingerprint density at radius 1 is 1.33 bits per heavy atom. The summed E-state index contributed by atoms with van der Waals surface area (Å²) in [5.74, 6) is -1.05. The number of fused-ring (bicyclic) bond motifs is 1. The Morgan fingerprint density at radius 3 is 2.88 bits per heavy atom. The van der Waals surface area contributed by atoms with Crippen LogP contribution in [0.3, 0.4) is 0 Å². The van der Waals surface area contributed by atoms with E-state index in [1.54, 1.807) is 6.07 Å². The Hall–Kier alpha value is -3.20. The van der Waals surface area contributed by atoms with Gasteiger partial charge in [0, 0.05) is 38.3 Å². The van der Waals surface area contributed by atoms with E-state index >= 15 is 0 Å². The van der Waals surface area contributed by atoms with Crippen LogP contribution in [0.5, 0.6) is 5.75 Å². The highest BCUT2D eigenvalue weighted by Crippen LogP contribution is 2.26. The van der Waals surface area contributed by atoms with Gasteiger partial charge in [-0.05, 0) is 42.2 Å². The van der Waals surface area contributed by atoms with Crippen molar-refractivity contribution in [2.45, 2.75) is 31.7 Å². The summed E-state index contributed by atoms with van der Waals surface area (Å²) in [5, 5.41) is 15.4. The lowest BCUT2D eigenvalue weighted by molar-refractivity contribution is -0.138. The minimum atomic E-state index is -1.07. The summed E-state index contributed by atoms with van der Waals surface area (Å²) in [7, 11) is 1.36. The Bertz CT molecular complexity index is 1030. The number of halogens is 1. The first-order valence-corrected chi connectivity index (χ1v) is 11.2. The summed E-state index contributed by atoms with van der Waals surface area (Å²) in [6.45, 7) is 2.97. The van der Waals surface area contributed by atoms with Crippen LogP contribution >= 0.6 is 0 Å². The molecule has 2 aromatic rings. The summed E-state index contributed by atoms with van der Waals surface area (Å²) < 4.78 is 19.0. The van der Waals surface area contributed by atoms with Gasteiger partial charge in [0.15, 0.2) is 11.6 Å². The second-order valence-electron chi connectivity index (χ2n) is 8.60. The molecule has 3 heterocycles. The number of aromatic nitrogens is 1. The SMILES string of the molecule is COc1ccc([C@H](CC(=O)O)NC(=O)C2CN(CCc3ccc4c(n3)NCCC4)C2)cc1F. The zero-order chi connectivity index (χ0) is 23.4. The van der Waals surface area contributed by atoms with E-state index in [-0.39, 0.29) is 24.0 Å². The van der Waals surface area contributed by atoms with E-state index in [9.17, 15) is 19.1 Å². The monoisotopic (exact) mass is 456 g/mol. The number of aliphatic carboxylic acids is 1. The molecule has 0 unspecified atom stereocenters. The molecule has 9 heteroatoms. The molecule has 0 radical (unpaired) electrons. The molecule has 2 aliphatic heterocycles. The molecule has 1 fully saturated rings. The smallest absolute Gasteiger partial charge is 0.305 e. The highest BCUT2D eigenvalue weighted by Gasteiger charge is 2.34. The van der Waals surface area contributed by atoms with Crippen LogP contribution in [0, 0.1) is 11.7 Å². The van der Waals surface area contributed by atoms with E-state index < -0.39 is 17.8 Å². The summed E-state index contributed by atoms with van der Waals surface area (Å²) >= 11 is 0. The number of nitrogens with one attached hydrogen (secondary N) is 2. The van der Waals surface area contributed by atoms with Crippen LogP contribution in [0.2, 0.25) is 0 Å². The lowest BCUT2D eigenvalue weighted by atomic mass is 9.96. The lowest BCUT2D eigenvalue weighted by Gasteiger charge is -2.38. The minimum absolute atomic E-state index is 0.0676. The van der Waals surface area contributed by atoms with Gasteiger partial charge in [0.05, 0.1) is 25.5 Å². The first-order valence-electron chi connectivity index (χ1n) is 11.2. The minimum Gasteiger partial charge on any atom is -0.494 e. The molecular formula is C24H29FN4O4. The molecule has 8 nitrogen and oxygen atoms in total. The molecule has 176 valence electrons. The molecule has 4 rings (SSSR count). The molecular weight excluding hydrogens is 427 g/mol. The van der Waals surface area contributed by atoms with Crippen LogP contribution in [-0.2, 0) is 22.4 Å². The van der Waals surface area contributed by atoms with Gasteiger partial charge >= 0.3 is 5.97 Å². The zero-order valence-electron chi connectivity index (χ0n) is 18.6. The van der Waals surface area contributed by atoms with Crippen molar-refractivity contribution in [3.63, 3.8) is 0 Å². The van der Waals surface area contributed by atoms with Crippen LogP contribution in [0.25, 0.3) is 0 Å². The average Bonchev–Trinajstić information content (AvgIpc) is 2.77. The number of likely N-dealkylation sites (tertiary alicyclic amines) is 1. The predicted octanol–water partition coefficient (Wildman–Crippen LogP) is 2.39. The number of rotatable bonds is 9. The number of hydrogen-bond donors (Lipinski definition) is 3. The van der Waals surface area contributed by atoms with Gasteiger partial charge < -0.3 is 25.4 Å². The number of methoxy groups -OCH3 is 1. The Labute approximate surface area is 192 Å². The van der Waals surface area contributed by atoms with Crippen molar-refractivity contribution >= 4 is 17.7 Å². The number of ether oxygens (including phenoxy) is 1. The molecule has 0 bridgehead atoms. The Kier molecular flexibility index (Phi) is 7.08. The number of aryl methyl sites for hydroxylation is 1. The van der Waals surface area contributed by atoms with Crippen molar-refractivity contribution in [2.24, 2.45) is 5.92 Å².